The molecule has 0 aliphatic carbocycles. The van der Waals surface area contributed by atoms with E-state index in [-0.39, 0.29) is 6.04 Å². The standard InChI is InChI=1S/C42H48N2O/c1-8-31-17-13-20-35(28(2)3)41(31)44-27-43(42-36(29(4)5)21-14-22-37(42)30(6)7)24-34(44)25-45-26-40-38-18-11-9-15-32(38)23-33-16-10-12-19-39(33)40/h8-23,28-30,34H,1,24-27H2,2-7H3. The minimum absolute atomic E-state index is 0.185. The van der Waals surface area contributed by atoms with E-state index in [1.807, 2.05) is 6.08 Å². The van der Waals surface area contributed by atoms with E-state index in [4.69, 9.17) is 4.74 Å². The highest BCUT2D eigenvalue weighted by Crippen LogP contribution is 2.41. The summed E-state index contributed by atoms with van der Waals surface area (Å²) in [4.78, 5) is 5.23. The zero-order chi connectivity index (χ0) is 31.7. The van der Waals surface area contributed by atoms with Gasteiger partial charge in [0.1, 0.15) is 0 Å². The zero-order valence-corrected chi connectivity index (χ0v) is 27.9. The normalized spacial score (nSPS) is 15.4. The van der Waals surface area contributed by atoms with Crippen molar-refractivity contribution in [1.29, 1.82) is 0 Å². The fraction of sp³-hybridized carbons (Fsp3) is 0.333. The molecule has 0 aromatic heterocycles. The maximum atomic E-state index is 6.79. The van der Waals surface area contributed by atoms with Gasteiger partial charge in [-0.25, -0.2) is 0 Å². The summed E-state index contributed by atoms with van der Waals surface area (Å²) in [5, 5.41) is 5.06. The first-order valence-corrected chi connectivity index (χ1v) is 16.6. The average Bonchev–Trinajstić information content (AvgIpc) is 3.46. The lowest BCUT2D eigenvalue weighted by atomic mass is 9.92. The van der Waals surface area contributed by atoms with Crippen LogP contribution in [0.2, 0.25) is 0 Å². The minimum Gasteiger partial charge on any atom is -0.375 e. The van der Waals surface area contributed by atoms with Crippen molar-refractivity contribution in [1.82, 2.24) is 0 Å². The van der Waals surface area contributed by atoms with E-state index in [1.54, 1.807) is 0 Å². The maximum Gasteiger partial charge on any atom is 0.0908 e. The molecular formula is C42H48N2O. The summed E-state index contributed by atoms with van der Waals surface area (Å²) in [5.74, 6) is 1.27. The zero-order valence-electron chi connectivity index (χ0n) is 27.9. The van der Waals surface area contributed by atoms with E-state index < -0.39 is 0 Å². The molecule has 1 atom stereocenters. The summed E-state index contributed by atoms with van der Waals surface area (Å²) < 4.78 is 6.79. The summed E-state index contributed by atoms with van der Waals surface area (Å²) >= 11 is 0. The van der Waals surface area contributed by atoms with Crippen molar-refractivity contribution in [2.45, 2.75) is 71.9 Å². The first-order valence-electron chi connectivity index (χ1n) is 16.6. The van der Waals surface area contributed by atoms with Crippen LogP contribution < -0.4 is 9.80 Å². The van der Waals surface area contributed by atoms with E-state index in [9.17, 15) is 0 Å². The average molecular weight is 597 g/mol. The predicted molar refractivity (Wildman–Crippen MR) is 195 cm³/mol. The van der Waals surface area contributed by atoms with Crippen LogP contribution in [0.3, 0.4) is 0 Å². The number of fused-ring (bicyclic) bond motifs is 2. The van der Waals surface area contributed by atoms with Gasteiger partial charge in [-0.15, -0.1) is 0 Å². The van der Waals surface area contributed by atoms with Gasteiger partial charge in [-0.3, -0.25) is 0 Å². The highest BCUT2D eigenvalue weighted by Gasteiger charge is 2.35. The van der Waals surface area contributed by atoms with E-state index in [2.05, 4.69) is 149 Å². The Kier molecular flexibility index (Phi) is 9.01. The Labute approximate surface area is 270 Å². The van der Waals surface area contributed by atoms with E-state index in [0.717, 1.165) is 13.2 Å². The van der Waals surface area contributed by atoms with E-state index in [1.165, 1.54) is 60.7 Å². The Balaban J connectivity index is 1.39. The van der Waals surface area contributed by atoms with E-state index in [0.29, 0.717) is 31.0 Å². The molecule has 0 spiro atoms. The van der Waals surface area contributed by atoms with Gasteiger partial charge >= 0.3 is 0 Å². The lowest BCUT2D eigenvalue weighted by molar-refractivity contribution is 0.112. The van der Waals surface area contributed by atoms with Gasteiger partial charge < -0.3 is 14.5 Å². The second kappa shape index (κ2) is 13.1. The smallest absolute Gasteiger partial charge is 0.0908 e. The van der Waals surface area contributed by atoms with Crippen molar-refractivity contribution in [2.24, 2.45) is 0 Å². The number of benzene rings is 5. The molecule has 0 N–H and O–H groups in total. The van der Waals surface area contributed by atoms with Crippen LogP contribution in [0.5, 0.6) is 0 Å². The molecule has 3 nitrogen and oxygen atoms in total. The molecule has 1 aliphatic heterocycles. The summed E-state index contributed by atoms with van der Waals surface area (Å²) in [6, 6.07) is 33.4. The highest BCUT2D eigenvalue weighted by atomic mass is 16.5. The highest BCUT2D eigenvalue weighted by molar-refractivity contribution is 6.02. The number of para-hydroxylation sites is 2. The summed E-state index contributed by atoms with van der Waals surface area (Å²) in [7, 11) is 0. The van der Waals surface area contributed by atoms with Gasteiger partial charge in [0.2, 0.25) is 0 Å². The molecule has 0 radical (unpaired) electrons. The summed E-state index contributed by atoms with van der Waals surface area (Å²) in [5.41, 5.74) is 9.36. The molecule has 232 valence electrons. The first-order chi connectivity index (χ1) is 21.8. The van der Waals surface area contributed by atoms with Crippen molar-refractivity contribution in [3.63, 3.8) is 0 Å². The van der Waals surface area contributed by atoms with Crippen molar-refractivity contribution in [2.75, 3.05) is 29.6 Å². The van der Waals surface area contributed by atoms with Crippen LogP contribution in [0.4, 0.5) is 11.4 Å². The van der Waals surface area contributed by atoms with Gasteiger partial charge in [-0.05, 0) is 73.2 Å². The second-order valence-corrected chi connectivity index (χ2v) is 13.5. The lowest BCUT2D eigenvalue weighted by Crippen LogP contribution is -2.36. The minimum atomic E-state index is 0.185. The molecule has 1 unspecified atom stereocenters. The molecule has 1 aliphatic rings. The third kappa shape index (κ3) is 5.99. The monoisotopic (exact) mass is 596 g/mol. The summed E-state index contributed by atoms with van der Waals surface area (Å²) in [6.45, 7) is 21.0. The van der Waals surface area contributed by atoms with Crippen LogP contribution in [0, 0.1) is 0 Å². The SMILES string of the molecule is C=Cc1cccc(C(C)C)c1N1CN(c2c(C(C)C)cccc2C(C)C)CC1COCc1c2ccccc2cc2ccccc12. The number of ether oxygens (including phenoxy) is 1. The molecule has 3 heteroatoms. The van der Waals surface area contributed by atoms with Crippen LogP contribution in [0.1, 0.15) is 87.1 Å². The Morgan fingerprint density at radius 1 is 0.711 bits per heavy atom. The number of nitrogens with zero attached hydrogens (tertiary/aromatic N) is 2. The Morgan fingerprint density at radius 2 is 1.24 bits per heavy atom. The molecule has 6 rings (SSSR count). The predicted octanol–water partition coefficient (Wildman–Crippen LogP) is 10.9. The lowest BCUT2D eigenvalue weighted by Gasteiger charge is -2.31. The molecule has 1 heterocycles. The van der Waals surface area contributed by atoms with E-state index >= 15 is 0 Å². The molecule has 1 fully saturated rings. The van der Waals surface area contributed by atoms with Crippen LogP contribution in [0.15, 0.2) is 97.6 Å². The second-order valence-electron chi connectivity index (χ2n) is 13.5. The van der Waals surface area contributed by atoms with Gasteiger partial charge in [0.25, 0.3) is 0 Å². The molecule has 5 aromatic carbocycles. The molecule has 5 aromatic rings. The molecule has 1 saturated heterocycles. The Morgan fingerprint density at radius 3 is 1.80 bits per heavy atom. The largest absolute Gasteiger partial charge is 0.375 e. The van der Waals surface area contributed by atoms with Crippen LogP contribution in [0.25, 0.3) is 27.6 Å². The first kappa shape index (κ1) is 30.9. The van der Waals surface area contributed by atoms with Gasteiger partial charge in [0, 0.05) is 17.9 Å². The fourth-order valence-electron chi connectivity index (χ4n) is 7.25. The Hall–Kier alpha value is -4.08. The maximum absolute atomic E-state index is 6.79. The summed E-state index contributed by atoms with van der Waals surface area (Å²) in [6.07, 6.45) is 2.02. The van der Waals surface area contributed by atoms with Crippen molar-refractivity contribution >= 4 is 39.0 Å². The van der Waals surface area contributed by atoms with Gasteiger partial charge in [0.15, 0.2) is 0 Å². The quantitative estimate of drug-likeness (QED) is 0.149. The van der Waals surface area contributed by atoms with Crippen LogP contribution in [-0.2, 0) is 11.3 Å². The van der Waals surface area contributed by atoms with Crippen molar-refractivity contribution in [3.05, 3.63) is 125 Å². The molecule has 45 heavy (non-hydrogen) atoms. The number of anilines is 2. The third-order valence-electron chi connectivity index (χ3n) is 9.52. The molecule has 0 amide bonds. The number of hydrogen-bond acceptors (Lipinski definition) is 3. The van der Waals surface area contributed by atoms with Crippen LogP contribution >= 0.6 is 0 Å². The molecule has 0 saturated carbocycles. The third-order valence-corrected chi connectivity index (χ3v) is 9.52. The van der Waals surface area contributed by atoms with Gasteiger partial charge in [-0.1, -0.05) is 139 Å². The van der Waals surface area contributed by atoms with Gasteiger partial charge in [0.05, 0.1) is 25.9 Å². The molecule has 0 bridgehead atoms. The number of hydrogen-bond donors (Lipinski definition) is 0. The topological polar surface area (TPSA) is 15.7 Å². The van der Waals surface area contributed by atoms with Crippen LogP contribution in [-0.4, -0.2) is 25.9 Å². The molecular weight excluding hydrogens is 548 g/mol. The Bertz CT molecular complexity index is 1740. The number of rotatable bonds is 10. The van der Waals surface area contributed by atoms with Crippen molar-refractivity contribution in [3.8, 4) is 0 Å². The van der Waals surface area contributed by atoms with Crippen molar-refractivity contribution < 1.29 is 4.74 Å². The fourth-order valence-corrected chi connectivity index (χ4v) is 7.25. The van der Waals surface area contributed by atoms with Gasteiger partial charge in [-0.2, -0.15) is 0 Å².